The van der Waals surface area contributed by atoms with Crippen LogP contribution in [0.2, 0.25) is 0 Å². The van der Waals surface area contributed by atoms with Crippen molar-refractivity contribution < 1.29 is 14.3 Å². The first-order valence-electron chi connectivity index (χ1n) is 4.77. The van der Waals surface area contributed by atoms with Gasteiger partial charge in [-0.05, 0) is 0 Å². The van der Waals surface area contributed by atoms with E-state index in [0.717, 1.165) is 17.3 Å². The molecule has 2 bridgehead atoms. The third-order valence-corrected chi connectivity index (χ3v) is 4.06. The van der Waals surface area contributed by atoms with E-state index in [9.17, 15) is 5.11 Å². The minimum Gasteiger partial charge on any atom is -0.393 e. The van der Waals surface area contributed by atoms with Gasteiger partial charge < -0.3 is 14.3 Å². The number of rotatable bonds is 0. The Morgan fingerprint density at radius 3 is 2.17 bits per heavy atom. The van der Waals surface area contributed by atoms with Crippen molar-refractivity contribution in [2.24, 2.45) is 0 Å². The molecule has 5 atom stereocenters. The van der Waals surface area contributed by atoms with Gasteiger partial charge in [0.2, 0.25) is 0 Å². The summed E-state index contributed by atoms with van der Waals surface area (Å²) in [6.07, 6.45) is 2.75. The van der Waals surface area contributed by atoms with E-state index in [2.05, 4.69) is 14.1 Å². The predicted molar refractivity (Wildman–Crippen MR) is 43.6 cm³/mol. The third-order valence-electron chi connectivity index (χ3n) is 4.06. The molecule has 3 aliphatic heterocycles. The number of hydrogen-bond donors (Lipinski definition) is 1. The molecule has 0 aromatic heterocycles. The van der Waals surface area contributed by atoms with E-state index in [0.29, 0.717) is 24.3 Å². The summed E-state index contributed by atoms with van der Waals surface area (Å²) in [6.45, 7) is 0. The molecular weight excluding hydrogens is 154 g/mol. The first kappa shape index (κ1) is 7.30. The number of epoxide rings is 1. The molecule has 3 nitrogen and oxygen atoms in total. The number of hydrogen-bond acceptors (Lipinski definition) is 2. The zero-order valence-corrected chi connectivity index (χ0v) is 7.60. The van der Waals surface area contributed by atoms with E-state index in [1.54, 1.807) is 0 Å². The number of quaternary nitrogens is 1. The SMILES string of the molecule is C[N+]1(C)C2CC(O)CC1[C@H]1OC21. The average Bonchev–Trinajstić information content (AvgIpc) is 2.66. The fourth-order valence-electron chi connectivity index (χ4n) is 3.22. The highest BCUT2D eigenvalue weighted by atomic mass is 16.6. The van der Waals surface area contributed by atoms with Crippen LogP contribution in [0.15, 0.2) is 0 Å². The Kier molecular flexibility index (Phi) is 1.13. The third kappa shape index (κ3) is 0.679. The van der Waals surface area contributed by atoms with Crippen LogP contribution in [-0.4, -0.2) is 54.1 Å². The Morgan fingerprint density at radius 1 is 1.17 bits per heavy atom. The van der Waals surface area contributed by atoms with Crippen molar-refractivity contribution in [1.82, 2.24) is 0 Å². The normalized spacial score (nSPS) is 59.8. The molecule has 68 valence electrons. The minimum atomic E-state index is -0.0671. The molecule has 0 saturated carbocycles. The van der Waals surface area contributed by atoms with Crippen LogP contribution >= 0.6 is 0 Å². The van der Waals surface area contributed by atoms with Gasteiger partial charge in [-0.25, -0.2) is 0 Å². The van der Waals surface area contributed by atoms with Gasteiger partial charge in [-0.3, -0.25) is 0 Å². The molecular formula is C9H16NO2+. The standard InChI is InChI=1S/C9H16NO2/c1-10(2)6-3-5(11)4-7(10)9-8(6)12-9/h5-9,11H,3-4H2,1-2H3/q+1/t5?,6?,7?,8-,9?/m1/s1. The molecule has 12 heavy (non-hydrogen) atoms. The van der Waals surface area contributed by atoms with Gasteiger partial charge in [-0.15, -0.1) is 0 Å². The van der Waals surface area contributed by atoms with Gasteiger partial charge in [-0.2, -0.15) is 0 Å². The monoisotopic (exact) mass is 170 g/mol. The fourth-order valence-corrected chi connectivity index (χ4v) is 3.22. The second-order valence-corrected chi connectivity index (χ2v) is 4.95. The van der Waals surface area contributed by atoms with E-state index in [1.165, 1.54) is 0 Å². The Labute approximate surface area is 72.5 Å². The van der Waals surface area contributed by atoms with E-state index < -0.39 is 0 Å². The van der Waals surface area contributed by atoms with Crippen molar-refractivity contribution in [3.8, 4) is 0 Å². The van der Waals surface area contributed by atoms with Crippen molar-refractivity contribution in [3.63, 3.8) is 0 Å². The second-order valence-electron chi connectivity index (χ2n) is 4.95. The van der Waals surface area contributed by atoms with E-state index in [4.69, 9.17) is 4.74 Å². The van der Waals surface area contributed by atoms with Gasteiger partial charge in [0.05, 0.1) is 20.2 Å². The topological polar surface area (TPSA) is 32.8 Å². The zero-order valence-electron chi connectivity index (χ0n) is 7.60. The first-order valence-corrected chi connectivity index (χ1v) is 4.77. The highest BCUT2D eigenvalue weighted by Crippen LogP contribution is 2.50. The summed E-state index contributed by atoms with van der Waals surface area (Å²) < 4.78 is 6.65. The lowest BCUT2D eigenvalue weighted by molar-refractivity contribution is -0.938. The lowest BCUT2D eigenvalue weighted by Crippen LogP contribution is -2.59. The number of ether oxygens (including phenoxy) is 1. The quantitative estimate of drug-likeness (QED) is 0.401. The Balaban J connectivity index is 1.96. The average molecular weight is 170 g/mol. The van der Waals surface area contributed by atoms with Gasteiger partial charge in [0, 0.05) is 12.8 Å². The van der Waals surface area contributed by atoms with Gasteiger partial charge >= 0.3 is 0 Å². The number of aliphatic hydroxyl groups excluding tert-OH is 1. The maximum absolute atomic E-state index is 9.60. The molecule has 3 fully saturated rings. The maximum Gasteiger partial charge on any atom is 0.142 e. The van der Waals surface area contributed by atoms with Crippen molar-refractivity contribution in [1.29, 1.82) is 0 Å². The van der Waals surface area contributed by atoms with Crippen LogP contribution in [0.1, 0.15) is 12.8 Å². The molecule has 1 N–H and O–H groups in total. The van der Waals surface area contributed by atoms with Crippen molar-refractivity contribution >= 4 is 0 Å². The van der Waals surface area contributed by atoms with Gasteiger partial charge in [0.25, 0.3) is 0 Å². The molecule has 4 unspecified atom stereocenters. The molecule has 3 rings (SSSR count). The van der Waals surface area contributed by atoms with Crippen LogP contribution in [0.5, 0.6) is 0 Å². The summed E-state index contributed by atoms with van der Waals surface area (Å²) in [6, 6.07) is 1.12. The smallest absolute Gasteiger partial charge is 0.142 e. The molecule has 0 aromatic rings. The summed E-state index contributed by atoms with van der Waals surface area (Å²) in [4.78, 5) is 0. The fraction of sp³-hybridized carbons (Fsp3) is 1.00. The maximum atomic E-state index is 9.60. The molecule has 0 spiro atoms. The predicted octanol–water partition coefficient (Wildman–Crippen LogP) is -0.264. The van der Waals surface area contributed by atoms with Crippen LogP contribution in [-0.2, 0) is 4.74 Å². The molecule has 0 amide bonds. The molecule has 3 heterocycles. The molecule has 0 radical (unpaired) electrons. The Bertz CT molecular complexity index is 209. The van der Waals surface area contributed by atoms with Crippen LogP contribution < -0.4 is 0 Å². The number of likely N-dealkylation sites (N-methyl/N-ethyl adjacent to an activating group) is 1. The lowest BCUT2D eigenvalue weighted by atomic mass is 9.97. The van der Waals surface area contributed by atoms with E-state index in [1.807, 2.05) is 0 Å². The molecule has 3 aliphatic rings. The molecule has 3 saturated heterocycles. The van der Waals surface area contributed by atoms with Crippen molar-refractivity contribution in [2.75, 3.05) is 14.1 Å². The Morgan fingerprint density at radius 2 is 1.67 bits per heavy atom. The number of aliphatic hydroxyl groups is 1. The van der Waals surface area contributed by atoms with Crippen LogP contribution in [0.4, 0.5) is 0 Å². The summed E-state index contributed by atoms with van der Waals surface area (Å²) in [5.41, 5.74) is 0. The lowest BCUT2D eigenvalue weighted by Gasteiger charge is -2.44. The Hall–Kier alpha value is -0.120. The summed E-state index contributed by atoms with van der Waals surface area (Å²) in [5.74, 6) is 0. The number of nitrogens with zero attached hydrogens (tertiary/aromatic N) is 1. The minimum absolute atomic E-state index is 0.0671. The van der Waals surface area contributed by atoms with Crippen molar-refractivity contribution in [2.45, 2.75) is 43.2 Å². The summed E-state index contributed by atoms with van der Waals surface area (Å²) in [5, 5.41) is 9.60. The highest BCUT2D eigenvalue weighted by Gasteiger charge is 2.70. The van der Waals surface area contributed by atoms with Gasteiger partial charge in [0.1, 0.15) is 24.3 Å². The largest absolute Gasteiger partial charge is 0.393 e. The molecule has 0 aliphatic carbocycles. The van der Waals surface area contributed by atoms with Crippen LogP contribution in [0, 0.1) is 0 Å². The zero-order chi connectivity index (χ0) is 8.51. The first-order chi connectivity index (χ1) is 5.60. The van der Waals surface area contributed by atoms with Crippen LogP contribution in [0.3, 0.4) is 0 Å². The van der Waals surface area contributed by atoms with Crippen LogP contribution in [0.25, 0.3) is 0 Å². The number of morpholine rings is 1. The van der Waals surface area contributed by atoms with E-state index >= 15 is 0 Å². The summed E-state index contributed by atoms with van der Waals surface area (Å²) in [7, 11) is 4.55. The number of fused-ring (bicyclic) bond motifs is 5. The molecule has 0 aromatic carbocycles. The number of piperidine rings is 1. The highest BCUT2D eigenvalue weighted by molar-refractivity contribution is 5.07. The summed E-state index contributed by atoms with van der Waals surface area (Å²) >= 11 is 0. The van der Waals surface area contributed by atoms with Gasteiger partial charge in [0.15, 0.2) is 0 Å². The van der Waals surface area contributed by atoms with Crippen molar-refractivity contribution in [3.05, 3.63) is 0 Å². The van der Waals surface area contributed by atoms with E-state index in [-0.39, 0.29) is 6.10 Å². The molecule has 3 heteroatoms. The second kappa shape index (κ2) is 1.86. The van der Waals surface area contributed by atoms with Gasteiger partial charge in [-0.1, -0.05) is 0 Å².